The maximum Gasteiger partial charge on any atom is 0.573 e. The zero-order valence-electron chi connectivity index (χ0n) is 57.9. The van der Waals surface area contributed by atoms with Gasteiger partial charge in [0.1, 0.15) is 34.8 Å². The second kappa shape index (κ2) is 39.3. The third-order valence-electron chi connectivity index (χ3n) is 16.7. The summed E-state index contributed by atoms with van der Waals surface area (Å²) < 4.78 is 151. The number of carbonyl (C=O) groups excluding carboxylic acids is 1. The number of nitrogens with zero attached hydrogens (tertiary/aromatic N) is 6. The van der Waals surface area contributed by atoms with Crippen LogP contribution in [0.1, 0.15) is 83.1 Å². The molecular weight excluding hydrogens is 1510 g/mol. The number of alkyl halides is 6. The van der Waals surface area contributed by atoms with E-state index in [1.807, 2.05) is 66.0 Å². The Balaban J connectivity index is 0.000000212. The molecule has 0 spiro atoms. The Morgan fingerprint density at radius 3 is 1.27 bits per heavy atom. The van der Waals surface area contributed by atoms with Gasteiger partial charge >= 0.3 is 27.0 Å². The summed E-state index contributed by atoms with van der Waals surface area (Å²) in [4.78, 5) is 36.2. The highest BCUT2D eigenvalue weighted by Gasteiger charge is 2.34. The summed E-state index contributed by atoms with van der Waals surface area (Å²) >= 11 is 3.49. The minimum absolute atomic E-state index is 0. The summed E-state index contributed by atoms with van der Waals surface area (Å²) in [5.41, 5.74) is 10.4. The Bertz CT molecular complexity index is 5230. The number of rotatable bonds is 14. The molecule has 0 radical (unpaired) electrons. The highest BCUT2D eigenvalue weighted by Crippen LogP contribution is 2.40. The van der Waals surface area contributed by atoms with Crippen molar-refractivity contribution < 1.29 is 87.7 Å². The molecule has 17 nitrogen and oxygen atoms in total. The summed E-state index contributed by atoms with van der Waals surface area (Å²) in [6.07, 6.45) is 5.27. The molecule has 6 aromatic carbocycles. The monoisotopic (exact) mass is 1590 g/mol. The number of benzene rings is 6. The third kappa shape index (κ3) is 21.8. The molecule has 13 aromatic rings. The van der Waals surface area contributed by atoms with Crippen LogP contribution in [0.5, 0.6) is 23.3 Å². The molecule has 110 heavy (non-hydrogen) atoms. The van der Waals surface area contributed by atoms with Crippen molar-refractivity contribution in [3.05, 3.63) is 280 Å². The number of aromatic amines is 1. The predicted octanol–water partition coefficient (Wildman–Crippen LogP) is 17.5. The fraction of sp³-hybridized carbons (Fsp3) is 0.200. The molecule has 14 rings (SSSR count). The van der Waals surface area contributed by atoms with E-state index in [-0.39, 0.29) is 68.1 Å². The Labute approximate surface area is 637 Å². The van der Waals surface area contributed by atoms with Crippen molar-refractivity contribution in [2.75, 3.05) is 14.2 Å². The molecular formula is C80H80B2BrF10N7O10. The minimum atomic E-state index is -4.78. The number of hydrogen-bond acceptors (Lipinski definition) is 12. The lowest BCUT2D eigenvalue weighted by Gasteiger charge is -2.23. The number of methoxy groups -OCH3 is 2. The summed E-state index contributed by atoms with van der Waals surface area (Å²) in [6, 6.07) is 40.8. The SMILES string of the molecule is C.C.C.CCn1ccc2c(=O)[nH]cc(-c3ccc(F)cc3)c21.CCn1ccc2c(OC)ncc(-c3ccc(F)cc3)c21.CCn1ccc2c(OC)ncc(Br)c21.CCn1ccc2c1C(c1ccc(F)cc1)=CC(c1ccc(OC(F)(F)F)cc1)C2=O.OB(O)c1ccc(F)cc1.OB(O)c1ccc(OC(F)(F)F)cc1. The van der Waals surface area contributed by atoms with E-state index >= 15 is 0 Å². The smallest absolute Gasteiger partial charge is 0.481 e. The highest BCUT2D eigenvalue weighted by atomic mass is 79.9. The van der Waals surface area contributed by atoms with Crippen molar-refractivity contribution in [3.63, 3.8) is 0 Å². The van der Waals surface area contributed by atoms with Gasteiger partial charge in [-0.05, 0) is 174 Å². The fourth-order valence-corrected chi connectivity index (χ4v) is 12.1. The summed E-state index contributed by atoms with van der Waals surface area (Å²) in [5.74, 6) is -1.55. The van der Waals surface area contributed by atoms with Gasteiger partial charge in [-0.25, -0.2) is 27.5 Å². The van der Waals surface area contributed by atoms with Crippen molar-refractivity contribution >= 4 is 85.2 Å². The molecule has 0 saturated carbocycles. The number of nitrogens with one attached hydrogen (secondary N) is 1. The number of allylic oxidation sites excluding steroid dienone is 1. The van der Waals surface area contributed by atoms with Crippen molar-refractivity contribution in [3.8, 4) is 45.5 Å². The molecule has 0 bridgehead atoms. The first-order chi connectivity index (χ1) is 51.1. The van der Waals surface area contributed by atoms with Crippen LogP contribution in [-0.2, 0) is 26.2 Å². The number of fused-ring (bicyclic) bond motifs is 4. The molecule has 1 unspecified atom stereocenters. The highest BCUT2D eigenvalue weighted by molar-refractivity contribution is 9.10. The van der Waals surface area contributed by atoms with E-state index in [0.29, 0.717) is 40.3 Å². The molecule has 5 N–H and O–H groups in total. The number of Topliss-reactive ketones (excluding diaryl/α,β-unsaturated/α-hetero) is 1. The third-order valence-corrected chi connectivity index (χ3v) is 17.2. The van der Waals surface area contributed by atoms with E-state index in [1.165, 1.54) is 84.9 Å². The number of pyridine rings is 3. The first-order valence-electron chi connectivity index (χ1n) is 32.9. The van der Waals surface area contributed by atoms with Gasteiger partial charge < -0.3 is 62.3 Å². The number of ketones is 1. The molecule has 0 fully saturated rings. The van der Waals surface area contributed by atoms with Gasteiger partial charge in [0.15, 0.2) is 5.78 Å². The van der Waals surface area contributed by atoms with Crippen molar-refractivity contribution in [1.29, 1.82) is 0 Å². The van der Waals surface area contributed by atoms with E-state index < -0.39 is 38.6 Å². The first-order valence-corrected chi connectivity index (χ1v) is 33.7. The number of aryl methyl sites for hydroxylation is 4. The largest absolute Gasteiger partial charge is 0.573 e. The lowest BCUT2D eigenvalue weighted by molar-refractivity contribution is -0.275. The molecule has 30 heteroatoms. The number of ether oxygens (including phenoxy) is 4. The van der Waals surface area contributed by atoms with Gasteiger partial charge in [-0.1, -0.05) is 101 Å². The Morgan fingerprint density at radius 2 is 0.836 bits per heavy atom. The van der Waals surface area contributed by atoms with Crippen LogP contribution in [0, 0.1) is 23.3 Å². The number of carbonyl (C=O) groups is 1. The second-order valence-electron chi connectivity index (χ2n) is 23.3. The van der Waals surface area contributed by atoms with Crippen LogP contribution >= 0.6 is 15.9 Å². The van der Waals surface area contributed by atoms with Crippen LogP contribution in [0.15, 0.2) is 229 Å². The molecule has 7 aromatic heterocycles. The zero-order chi connectivity index (χ0) is 77.4. The van der Waals surface area contributed by atoms with Crippen LogP contribution < -0.4 is 35.4 Å². The van der Waals surface area contributed by atoms with Crippen LogP contribution in [0.25, 0.3) is 60.5 Å². The predicted molar refractivity (Wildman–Crippen MR) is 414 cm³/mol. The topological polar surface area (TPSA) is 213 Å². The van der Waals surface area contributed by atoms with Crippen LogP contribution in [-0.4, -0.2) is 100 Å². The van der Waals surface area contributed by atoms with Crippen LogP contribution in [0.4, 0.5) is 43.9 Å². The minimum Gasteiger partial charge on any atom is -0.481 e. The summed E-state index contributed by atoms with van der Waals surface area (Å²) in [7, 11) is 0.0391. The number of hydrogen-bond donors (Lipinski definition) is 5. The molecule has 0 aliphatic heterocycles. The molecule has 1 aliphatic carbocycles. The van der Waals surface area contributed by atoms with Crippen LogP contribution in [0.2, 0.25) is 0 Å². The van der Waals surface area contributed by atoms with Gasteiger partial charge in [-0.2, -0.15) is 0 Å². The van der Waals surface area contributed by atoms with Gasteiger partial charge in [0.2, 0.25) is 11.8 Å². The molecule has 7 heterocycles. The zero-order valence-corrected chi connectivity index (χ0v) is 59.5. The molecule has 0 saturated heterocycles. The average molecular weight is 1590 g/mol. The van der Waals surface area contributed by atoms with E-state index in [0.717, 1.165) is 115 Å². The Kier molecular flexibility index (Phi) is 31.3. The van der Waals surface area contributed by atoms with Gasteiger partial charge in [0.05, 0.1) is 63.0 Å². The van der Waals surface area contributed by atoms with Crippen molar-refractivity contribution in [1.82, 2.24) is 33.2 Å². The molecule has 1 atom stereocenters. The van der Waals surface area contributed by atoms with E-state index in [2.05, 4.69) is 63.3 Å². The molecule has 0 amide bonds. The lowest BCUT2D eigenvalue weighted by Crippen LogP contribution is -2.29. The van der Waals surface area contributed by atoms with Gasteiger partial charge in [-0.3, -0.25) is 9.59 Å². The Hall–Kier alpha value is -11.2. The van der Waals surface area contributed by atoms with E-state index in [9.17, 15) is 53.5 Å². The average Bonchev–Trinajstić information content (AvgIpc) is 1.53. The van der Waals surface area contributed by atoms with Crippen LogP contribution in [0.3, 0.4) is 0 Å². The molecule has 1 aliphatic rings. The van der Waals surface area contributed by atoms with Gasteiger partial charge in [0, 0.05) is 91.8 Å². The maximum absolute atomic E-state index is 13.4. The molecule has 578 valence electrons. The normalized spacial score (nSPS) is 12.0. The quantitative estimate of drug-likeness (QED) is 0.0508. The van der Waals surface area contributed by atoms with Gasteiger partial charge in [-0.15, -0.1) is 26.3 Å². The summed E-state index contributed by atoms with van der Waals surface area (Å²) in [6.45, 7) is 11.4. The van der Waals surface area contributed by atoms with Gasteiger partial charge in [0.25, 0.3) is 5.56 Å². The van der Waals surface area contributed by atoms with E-state index in [4.69, 9.17) is 29.6 Å². The van der Waals surface area contributed by atoms with E-state index in [1.54, 1.807) is 81.4 Å². The maximum atomic E-state index is 13.4. The lowest BCUT2D eigenvalue weighted by atomic mass is 9.80. The second-order valence-corrected chi connectivity index (χ2v) is 24.1. The fourth-order valence-electron chi connectivity index (χ4n) is 11.6. The van der Waals surface area contributed by atoms with Crippen molar-refractivity contribution in [2.24, 2.45) is 0 Å². The number of aromatic nitrogens is 7. The first kappa shape index (κ1) is 87.7. The van der Waals surface area contributed by atoms with Crippen molar-refractivity contribution in [2.45, 2.75) is 94.8 Å². The number of H-pyrrole nitrogens is 1. The Morgan fingerprint density at radius 1 is 0.464 bits per heavy atom. The standard InChI is InChI=1S/C23H17F4NO2.C16H15FN2O.C15H13FN2O.C10H11BrN2O.C7H6BF3O3.C6H6BFO2.3CH4/c1-2-28-12-11-18-21(28)19(14-3-7-16(24)8-4-14)13-20(22(18)29)15-5-9-17(10-6-15)30-23(25,26)27;1-3-19-9-8-13-15(19)14(10-18-16(13)20-2)11-4-6-12(17)7-5-11;1-2-18-8-7-12-14(18)13(9-17-15(12)19)10-3-5-11(16)6-4-10;1-3-13-5-4-7-9(13)8(11)6-12-10(7)14-2;9-7(10,11)14-6-3-1-5(2-4-6)8(12)13;8-6-3-1-5(2-4-6)7(9)10;;;/h3-13,20H,2H2,1H3;4-10H,3H2,1-2H3;3-9H,2H2,1H3,(H,17,19);4-6H,3H2,1-2H3;1-4,12-13H;1-4,9-10H;3*1H4. The summed E-state index contributed by atoms with van der Waals surface area (Å²) in [5, 5.41) is 37.0. The number of halogens is 11.